The van der Waals surface area contributed by atoms with Gasteiger partial charge in [-0.05, 0) is 178 Å². The fourth-order valence-corrected chi connectivity index (χ4v) is 11.0. The van der Waals surface area contributed by atoms with E-state index in [0.29, 0.717) is 0 Å². The van der Waals surface area contributed by atoms with E-state index in [4.69, 9.17) is 9.31 Å². The summed E-state index contributed by atoms with van der Waals surface area (Å²) in [6, 6.07) is 85.8. The molecule has 12 aromatic rings. The molecule has 0 aliphatic carbocycles. The first kappa shape index (κ1) is 49.7. The largest absolute Gasteiger partial charge is 0.494 e. The Morgan fingerprint density at radius 3 is 1.30 bits per heavy atom. The molecule has 10 aromatic carbocycles. The van der Waals surface area contributed by atoms with E-state index in [1.807, 2.05) is 24.3 Å². The first-order chi connectivity index (χ1) is 35.9. The van der Waals surface area contributed by atoms with Crippen LogP contribution in [0.2, 0.25) is 0 Å². The molecule has 0 radical (unpaired) electrons. The molecule has 0 saturated carbocycles. The Labute approximate surface area is 464 Å². The fraction of sp³-hybridized carbons (Fsp3) is 0.0909. The summed E-state index contributed by atoms with van der Waals surface area (Å²) in [6.45, 7) is 8.36. The van der Waals surface area contributed by atoms with Crippen LogP contribution in [0.5, 0.6) is 0 Å². The van der Waals surface area contributed by atoms with Crippen molar-refractivity contribution in [2.75, 3.05) is 0 Å². The molecule has 8 heteroatoms. The van der Waals surface area contributed by atoms with Crippen molar-refractivity contribution < 1.29 is 9.31 Å². The predicted molar refractivity (Wildman–Crippen MR) is 328 cm³/mol. The van der Waals surface area contributed by atoms with Gasteiger partial charge in [-0.15, -0.1) is 0 Å². The van der Waals surface area contributed by atoms with Gasteiger partial charge in [0.25, 0.3) is 0 Å². The topological polar surface area (TPSA) is 28.3 Å². The quantitative estimate of drug-likeness (QED) is 0.123. The number of halogens is 3. The normalized spacial score (nSPS) is 13.7. The minimum atomic E-state index is -0.371. The van der Waals surface area contributed by atoms with Crippen molar-refractivity contribution in [2.45, 2.75) is 38.9 Å². The van der Waals surface area contributed by atoms with Crippen molar-refractivity contribution in [1.82, 2.24) is 9.13 Å². The number of fused-ring (bicyclic) bond motifs is 6. The lowest BCUT2D eigenvalue weighted by atomic mass is 9.78. The smallest absolute Gasteiger partial charge is 0.399 e. The summed E-state index contributed by atoms with van der Waals surface area (Å²) in [5, 5.41) is 5.07. The zero-order chi connectivity index (χ0) is 51.0. The van der Waals surface area contributed by atoms with Gasteiger partial charge < -0.3 is 18.4 Å². The lowest BCUT2D eigenvalue weighted by molar-refractivity contribution is 0.00578. The zero-order valence-electron chi connectivity index (χ0n) is 41.5. The molecule has 74 heavy (non-hydrogen) atoms. The van der Waals surface area contributed by atoms with Crippen LogP contribution in [0, 0.1) is 3.57 Å². The number of benzene rings is 10. The molecule has 0 atom stereocenters. The molecular formula is C66H52BBr2IN2O2. The average molecular weight is 1200 g/mol. The van der Waals surface area contributed by atoms with Crippen molar-refractivity contribution in [3.05, 3.63) is 255 Å². The van der Waals surface area contributed by atoms with Crippen molar-refractivity contribution >= 4 is 111 Å². The molecule has 0 amide bonds. The van der Waals surface area contributed by atoms with Gasteiger partial charge in [-0.2, -0.15) is 0 Å². The maximum Gasteiger partial charge on any atom is 0.494 e. The van der Waals surface area contributed by atoms with Crippen molar-refractivity contribution in [1.29, 1.82) is 0 Å². The van der Waals surface area contributed by atoms with E-state index in [1.165, 1.54) is 85.2 Å². The van der Waals surface area contributed by atoms with E-state index >= 15 is 0 Å². The number of nitrogens with zero attached hydrogens (tertiary/aromatic N) is 2. The molecule has 1 fully saturated rings. The zero-order valence-corrected chi connectivity index (χ0v) is 46.8. The summed E-state index contributed by atoms with van der Waals surface area (Å²) >= 11 is 9.36. The van der Waals surface area contributed by atoms with Crippen LogP contribution in [0.3, 0.4) is 0 Å². The Bertz CT molecular complexity index is 3940. The minimum absolute atomic E-state index is 0.358. The molecular weight excluding hydrogens is 1150 g/mol. The molecule has 13 rings (SSSR count). The number of aromatic nitrogens is 2. The maximum absolute atomic E-state index is 6.30. The molecule has 1 saturated heterocycles. The molecule has 1 aliphatic heterocycles. The third-order valence-electron chi connectivity index (χ3n) is 14.3. The van der Waals surface area contributed by atoms with Crippen LogP contribution >= 0.6 is 54.5 Å². The highest BCUT2D eigenvalue weighted by atomic mass is 127. The highest BCUT2D eigenvalue weighted by Crippen LogP contribution is 2.39. The second-order valence-electron chi connectivity index (χ2n) is 19.5. The second-order valence-corrected chi connectivity index (χ2v) is 22.4. The van der Waals surface area contributed by atoms with Gasteiger partial charge >= 0.3 is 7.12 Å². The average Bonchev–Trinajstić information content (AvgIpc) is 4.03. The van der Waals surface area contributed by atoms with E-state index < -0.39 is 0 Å². The third-order valence-corrected chi connectivity index (χ3v) is 17.4. The first-order valence-electron chi connectivity index (χ1n) is 24.8. The van der Waals surface area contributed by atoms with Gasteiger partial charge in [-0.1, -0.05) is 186 Å². The maximum atomic E-state index is 6.30. The lowest BCUT2D eigenvalue weighted by Gasteiger charge is -2.32. The van der Waals surface area contributed by atoms with Crippen LogP contribution in [-0.4, -0.2) is 27.5 Å². The number of hydrogen-bond donors (Lipinski definition) is 0. The molecule has 362 valence electrons. The van der Waals surface area contributed by atoms with E-state index in [0.717, 1.165) is 21.2 Å². The van der Waals surface area contributed by atoms with E-state index in [-0.39, 0.29) is 18.3 Å². The van der Waals surface area contributed by atoms with Crippen LogP contribution in [0.15, 0.2) is 252 Å². The van der Waals surface area contributed by atoms with Gasteiger partial charge in [-0.3, -0.25) is 0 Å². The Balaban J connectivity index is 0.000000138. The molecule has 0 N–H and O–H groups in total. The Morgan fingerprint density at radius 2 is 0.784 bits per heavy atom. The highest BCUT2D eigenvalue weighted by Gasteiger charge is 2.51. The van der Waals surface area contributed by atoms with Gasteiger partial charge in [0.05, 0.1) is 33.3 Å². The Kier molecular flexibility index (Phi) is 14.1. The standard InChI is InChI=1S/C30H28BNO2.C30H20BrN.C6H4BrI/c1-29(2)30(3,4)34-31(33-29)23-12-10-11-21(19-23)22-17-18-26-25-15-8-9-16-27(25)32(28(26)20-22)24-13-6-5-7-14-24;31-28-15-6-4-13-25(28)23-10-8-9-21(19-23)22-17-18-27-26-14-5-7-16-29(26)32(30(27)20-22)24-11-2-1-3-12-24;7-5-3-1-2-4-6(5)8/h5-20H,1-4H3;1-20H;1-4H. The summed E-state index contributed by atoms with van der Waals surface area (Å²) in [7, 11) is -0.371. The first-order valence-corrected chi connectivity index (χ1v) is 27.5. The van der Waals surface area contributed by atoms with Crippen molar-refractivity contribution in [3.8, 4) is 44.8 Å². The number of para-hydroxylation sites is 4. The van der Waals surface area contributed by atoms with Crippen LogP contribution < -0.4 is 5.46 Å². The van der Waals surface area contributed by atoms with Crippen LogP contribution in [-0.2, 0) is 9.31 Å². The van der Waals surface area contributed by atoms with Gasteiger partial charge in [0.2, 0.25) is 0 Å². The van der Waals surface area contributed by atoms with Gasteiger partial charge in [0.15, 0.2) is 0 Å². The Hall–Kier alpha value is -6.53. The third kappa shape index (κ3) is 9.82. The second kappa shape index (κ2) is 21.0. The molecule has 0 spiro atoms. The van der Waals surface area contributed by atoms with Gasteiger partial charge in [0, 0.05) is 45.4 Å². The fourth-order valence-electron chi connectivity index (χ4n) is 9.86. The van der Waals surface area contributed by atoms with E-state index in [9.17, 15) is 0 Å². The summed E-state index contributed by atoms with van der Waals surface area (Å²) in [5.74, 6) is 0. The monoisotopic (exact) mass is 1200 g/mol. The number of hydrogen-bond acceptors (Lipinski definition) is 2. The van der Waals surface area contributed by atoms with Crippen LogP contribution in [0.25, 0.3) is 88.4 Å². The molecule has 3 heterocycles. The van der Waals surface area contributed by atoms with E-state index in [1.54, 1.807) is 0 Å². The van der Waals surface area contributed by atoms with Gasteiger partial charge in [-0.25, -0.2) is 0 Å². The number of rotatable bonds is 6. The summed E-state index contributed by atoms with van der Waals surface area (Å²) in [4.78, 5) is 0. The summed E-state index contributed by atoms with van der Waals surface area (Å²) in [5.41, 5.74) is 14.7. The molecule has 1 aliphatic rings. The molecule has 0 unspecified atom stereocenters. The molecule has 4 nitrogen and oxygen atoms in total. The van der Waals surface area contributed by atoms with Crippen molar-refractivity contribution in [2.24, 2.45) is 0 Å². The Morgan fingerprint density at radius 1 is 0.365 bits per heavy atom. The minimum Gasteiger partial charge on any atom is -0.399 e. The lowest BCUT2D eigenvalue weighted by Crippen LogP contribution is -2.41. The van der Waals surface area contributed by atoms with Crippen LogP contribution in [0.1, 0.15) is 27.7 Å². The van der Waals surface area contributed by atoms with Gasteiger partial charge in [0.1, 0.15) is 0 Å². The summed E-state index contributed by atoms with van der Waals surface area (Å²) < 4.78 is 20.9. The molecule has 2 aromatic heterocycles. The van der Waals surface area contributed by atoms with E-state index in [2.05, 4.69) is 310 Å². The van der Waals surface area contributed by atoms with Crippen LogP contribution in [0.4, 0.5) is 0 Å². The molecule has 0 bridgehead atoms. The highest BCUT2D eigenvalue weighted by molar-refractivity contribution is 14.1. The SMILES string of the molecule is Brc1ccccc1-c1cccc(-c2ccc3c4ccccc4n(-c4ccccc4)c3c2)c1.Brc1ccccc1I.CC1(C)OB(c2cccc(-c3ccc4c5ccccc5n(-c5ccccc5)c4c3)c2)OC1(C)C. The van der Waals surface area contributed by atoms with Crippen molar-refractivity contribution in [3.63, 3.8) is 0 Å². The predicted octanol–water partition coefficient (Wildman–Crippen LogP) is 18.7. The summed E-state index contributed by atoms with van der Waals surface area (Å²) in [6.07, 6.45) is 0.